The van der Waals surface area contributed by atoms with E-state index in [4.69, 9.17) is 5.73 Å². The molecule has 0 atom stereocenters. The second-order valence-corrected chi connectivity index (χ2v) is 3.36. The molecule has 4 nitrogen and oxygen atoms in total. The molecule has 0 aliphatic carbocycles. The Hall–Kier alpha value is -1.84. The van der Waals surface area contributed by atoms with E-state index in [1.807, 2.05) is 26.1 Å². The van der Waals surface area contributed by atoms with Gasteiger partial charge >= 0.3 is 0 Å². The molecular weight excluding hydrogens is 176 g/mol. The fourth-order valence-corrected chi connectivity index (χ4v) is 1.22. The lowest BCUT2D eigenvalue weighted by atomic mass is 10.2. The Balaban J connectivity index is 2.47. The first-order valence-corrected chi connectivity index (χ1v) is 4.40. The summed E-state index contributed by atoms with van der Waals surface area (Å²) >= 11 is 0. The first-order chi connectivity index (χ1) is 6.66. The molecule has 14 heavy (non-hydrogen) atoms. The zero-order valence-electron chi connectivity index (χ0n) is 8.23. The molecule has 0 radical (unpaired) electrons. The van der Waals surface area contributed by atoms with Gasteiger partial charge < -0.3 is 5.73 Å². The Morgan fingerprint density at radius 2 is 2.07 bits per heavy atom. The third-order valence-electron chi connectivity index (χ3n) is 2.08. The maximum Gasteiger partial charge on any atom is 0.153 e. The highest BCUT2D eigenvalue weighted by Crippen LogP contribution is 2.12. The van der Waals surface area contributed by atoms with Crippen molar-refractivity contribution >= 4 is 5.69 Å². The van der Waals surface area contributed by atoms with E-state index in [1.54, 1.807) is 17.1 Å². The minimum Gasteiger partial charge on any atom is -0.397 e. The van der Waals surface area contributed by atoms with E-state index >= 15 is 0 Å². The standard InChI is InChI=1S/C10H12N4/c1-7-4-13-14(6-7)10-3-8(2)9(11)5-12-10/h3-6H,11H2,1-2H3. The molecule has 72 valence electrons. The second kappa shape index (κ2) is 3.14. The summed E-state index contributed by atoms with van der Waals surface area (Å²) in [6.45, 7) is 3.95. The number of aryl methyl sites for hydroxylation is 2. The number of anilines is 1. The van der Waals surface area contributed by atoms with E-state index in [0.29, 0.717) is 5.69 Å². The average molecular weight is 188 g/mol. The summed E-state index contributed by atoms with van der Waals surface area (Å²) in [7, 11) is 0. The summed E-state index contributed by atoms with van der Waals surface area (Å²) in [5.74, 6) is 0.796. The van der Waals surface area contributed by atoms with Crippen molar-refractivity contribution in [2.24, 2.45) is 0 Å². The monoisotopic (exact) mass is 188 g/mol. The van der Waals surface area contributed by atoms with E-state index in [2.05, 4.69) is 10.1 Å². The molecule has 0 amide bonds. The molecule has 0 saturated heterocycles. The molecule has 2 heterocycles. The maximum absolute atomic E-state index is 5.68. The molecule has 2 aromatic heterocycles. The number of nitrogens with two attached hydrogens (primary N) is 1. The first kappa shape index (κ1) is 8.74. The Morgan fingerprint density at radius 3 is 2.64 bits per heavy atom. The minimum absolute atomic E-state index is 0.706. The summed E-state index contributed by atoms with van der Waals surface area (Å²) in [4.78, 5) is 4.20. The fourth-order valence-electron chi connectivity index (χ4n) is 1.22. The smallest absolute Gasteiger partial charge is 0.153 e. The molecule has 0 aliphatic heterocycles. The SMILES string of the molecule is Cc1cnn(-c2cc(C)c(N)cn2)c1. The summed E-state index contributed by atoms with van der Waals surface area (Å²) in [6, 6.07) is 1.92. The maximum atomic E-state index is 5.68. The van der Waals surface area contributed by atoms with Gasteiger partial charge in [0.25, 0.3) is 0 Å². The summed E-state index contributed by atoms with van der Waals surface area (Å²) < 4.78 is 1.74. The second-order valence-electron chi connectivity index (χ2n) is 3.36. The summed E-state index contributed by atoms with van der Waals surface area (Å²) in [6.07, 6.45) is 5.38. The lowest BCUT2D eigenvalue weighted by Crippen LogP contribution is -2.00. The molecule has 0 bridgehead atoms. The number of hydrogen-bond acceptors (Lipinski definition) is 3. The zero-order chi connectivity index (χ0) is 10.1. The molecular formula is C10H12N4. The van der Waals surface area contributed by atoms with Gasteiger partial charge in [0.1, 0.15) is 0 Å². The lowest BCUT2D eigenvalue weighted by Gasteiger charge is -2.03. The third kappa shape index (κ3) is 1.46. The van der Waals surface area contributed by atoms with Crippen LogP contribution in [0.1, 0.15) is 11.1 Å². The van der Waals surface area contributed by atoms with E-state index in [1.165, 1.54) is 0 Å². The number of nitrogens with zero attached hydrogens (tertiary/aromatic N) is 3. The van der Waals surface area contributed by atoms with Crippen LogP contribution in [0.25, 0.3) is 5.82 Å². The quantitative estimate of drug-likeness (QED) is 0.737. The molecule has 2 N–H and O–H groups in total. The van der Waals surface area contributed by atoms with Gasteiger partial charge in [0, 0.05) is 6.20 Å². The molecule has 0 fully saturated rings. The molecule has 4 heteroatoms. The van der Waals surface area contributed by atoms with Crippen molar-refractivity contribution < 1.29 is 0 Å². The summed E-state index contributed by atoms with van der Waals surface area (Å²) in [5.41, 5.74) is 8.52. The van der Waals surface area contributed by atoms with Gasteiger partial charge in [-0.15, -0.1) is 0 Å². The van der Waals surface area contributed by atoms with Gasteiger partial charge in [-0.3, -0.25) is 0 Å². The largest absolute Gasteiger partial charge is 0.397 e. The van der Waals surface area contributed by atoms with Crippen LogP contribution in [0.15, 0.2) is 24.7 Å². The topological polar surface area (TPSA) is 56.7 Å². The predicted octanol–water partition coefficient (Wildman–Crippen LogP) is 1.47. The molecule has 0 spiro atoms. The van der Waals surface area contributed by atoms with Gasteiger partial charge in [-0.2, -0.15) is 5.10 Å². The zero-order valence-corrected chi connectivity index (χ0v) is 8.23. The third-order valence-corrected chi connectivity index (χ3v) is 2.08. The van der Waals surface area contributed by atoms with Crippen molar-refractivity contribution in [3.63, 3.8) is 0 Å². The van der Waals surface area contributed by atoms with Crippen LogP contribution in [0.5, 0.6) is 0 Å². The molecule has 0 aliphatic rings. The van der Waals surface area contributed by atoms with Gasteiger partial charge in [0.15, 0.2) is 5.82 Å². The van der Waals surface area contributed by atoms with Crippen molar-refractivity contribution in [1.29, 1.82) is 0 Å². The number of rotatable bonds is 1. The Bertz CT molecular complexity index is 459. The number of nitrogen functional groups attached to an aromatic ring is 1. The highest BCUT2D eigenvalue weighted by atomic mass is 15.3. The van der Waals surface area contributed by atoms with E-state index in [9.17, 15) is 0 Å². The number of pyridine rings is 1. The van der Waals surface area contributed by atoms with Gasteiger partial charge in [-0.25, -0.2) is 9.67 Å². The Morgan fingerprint density at radius 1 is 1.29 bits per heavy atom. The highest BCUT2D eigenvalue weighted by molar-refractivity contribution is 5.47. The van der Waals surface area contributed by atoms with E-state index in [-0.39, 0.29) is 0 Å². The minimum atomic E-state index is 0.706. The lowest BCUT2D eigenvalue weighted by molar-refractivity contribution is 0.845. The Kier molecular flexibility index (Phi) is 1.96. The van der Waals surface area contributed by atoms with Crippen LogP contribution in [0.4, 0.5) is 5.69 Å². The number of hydrogen-bond donors (Lipinski definition) is 1. The van der Waals surface area contributed by atoms with Gasteiger partial charge in [-0.05, 0) is 31.0 Å². The number of aromatic nitrogens is 3. The highest BCUT2D eigenvalue weighted by Gasteiger charge is 2.01. The average Bonchev–Trinajstić information content (AvgIpc) is 2.57. The summed E-state index contributed by atoms with van der Waals surface area (Å²) in [5, 5.41) is 4.17. The van der Waals surface area contributed by atoms with E-state index in [0.717, 1.165) is 16.9 Å². The van der Waals surface area contributed by atoms with Crippen LogP contribution >= 0.6 is 0 Å². The van der Waals surface area contributed by atoms with Crippen molar-refractivity contribution in [3.05, 3.63) is 35.8 Å². The van der Waals surface area contributed by atoms with Crippen LogP contribution in [0.2, 0.25) is 0 Å². The molecule has 0 saturated carbocycles. The molecule has 0 aromatic carbocycles. The molecule has 2 rings (SSSR count). The van der Waals surface area contributed by atoms with E-state index < -0.39 is 0 Å². The van der Waals surface area contributed by atoms with Crippen molar-refractivity contribution in [3.8, 4) is 5.82 Å². The molecule has 2 aromatic rings. The van der Waals surface area contributed by atoms with Crippen LogP contribution in [0.3, 0.4) is 0 Å². The van der Waals surface area contributed by atoms with Crippen molar-refractivity contribution in [1.82, 2.24) is 14.8 Å². The van der Waals surface area contributed by atoms with Gasteiger partial charge in [0.05, 0.1) is 18.1 Å². The van der Waals surface area contributed by atoms with Gasteiger partial charge in [-0.1, -0.05) is 0 Å². The van der Waals surface area contributed by atoms with Crippen molar-refractivity contribution in [2.45, 2.75) is 13.8 Å². The van der Waals surface area contributed by atoms with Crippen LogP contribution in [-0.4, -0.2) is 14.8 Å². The Labute approximate surface area is 82.4 Å². The van der Waals surface area contributed by atoms with Gasteiger partial charge in [0.2, 0.25) is 0 Å². The molecule has 0 unspecified atom stereocenters. The van der Waals surface area contributed by atoms with Crippen LogP contribution in [0, 0.1) is 13.8 Å². The first-order valence-electron chi connectivity index (χ1n) is 4.40. The van der Waals surface area contributed by atoms with Crippen LogP contribution in [-0.2, 0) is 0 Å². The normalized spacial score (nSPS) is 10.4. The fraction of sp³-hybridized carbons (Fsp3) is 0.200. The van der Waals surface area contributed by atoms with Crippen LogP contribution < -0.4 is 5.73 Å². The van der Waals surface area contributed by atoms with Crippen molar-refractivity contribution in [2.75, 3.05) is 5.73 Å². The predicted molar refractivity (Wildman–Crippen MR) is 55.2 cm³/mol.